The zero-order valence-electron chi connectivity index (χ0n) is 12.1. The minimum atomic E-state index is -0.0397. The van der Waals surface area contributed by atoms with Gasteiger partial charge in [0.25, 0.3) is 5.91 Å². The molecule has 3 rings (SSSR count). The first-order valence-corrected chi connectivity index (χ1v) is 7.27. The highest BCUT2D eigenvalue weighted by Gasteiger charge is 2.25. The van der Waals surface area contributed by atoms with Crippen LogP contribution in [0, 0.1) is 0 Å². The number of aromatic amines is 1. The number of nitrogens with zero attached hydrogens (tertiary/aromatic N) is 1. The van der Waals surface area contributed by atoms with Crippen molar-refractivity contribution in [2.24, 2.45) is 0 Å². The summed E-state index contributed by atoms with van der Waals surface area (Å²) in [6, 6.07) is 7.75. The molecule has 5 heteroatoms. The Kier molecular flexibility index (Phi) is 3.64. The molecule has 1 aliphatic rings. The van der Waals surface area contributed by atoms with Crippen molar-refractivity contribution >= 4 is 22.7 Å². The molecule has 2 aromatic rings. The van der Waals surface area contributed by atoms with Gasteiger partial charge in [0, 0.05) is 43.3 Å². The van der Waals surface area contributed by atoms with Gasteiger partial charge in [0.1, 0.15) is 0 Å². The summed E-state index contributed by atoms with van der Waals surface area (Å²) in [6.45, 7) is 2.85. The van der Waals surface area contributed by atoms with Crippen molar-refractivity contribution in [2.45, 2.75) is 25.8 Å². The highest BCUT2D eigenvalue weighted by atomic mass is 16.2. The van der Waals surface area contributed by atoms with E-state index in [9.17, 15) is 9.59 Å². The number of benzene rings is 1. The van der Waals surface area contributed by atoms with Crippen molar-refractivity contribution in [1.29, 1.82) is 0 Å². The second-order valence-electron chi connectivity index (χ2n) is 5.57. The van der Waals surface area contributed by atoms with E-state index in [-0.39, 0.29) is 17.9 Å². The summed E-state index contributed by atoms with van der Waals surface area (Å²) in [5.41, 5.74) is 1.66. The molecule has 1 atom stereocenters. The Labute approximate surface area is 123 Å². The third-order valence-electron chi connectivity index (χ3n) is 3.92. The van der Waals surface area contributed by atoms with Gasteiger partial charge in [-0.15, -0.1) is 0 Å². The van der Waals surface area contributed by atoms with Crippen molar-refractivity contribution in [3.63, 3.8) is 0 Å². The monoisotopic (exact) mass is 285 g/mol. The van der Waals surface area contributed by atoms with Crippen LogP contribution < -0.4 is 5.32 Å². The average Bonchev–Trinajstić information content (AvgIpc) is 2.93. The second-order valence-corrected chi connectivity index (χ2v) is 5.57. The van der Waals surface area contributed by atoms with E-state index in [0.717, 1.165) is 30.3 Å². The molecule has 0 saturated carbocycles. The van der Waals surface area contributed by atoms with Gasteiger partial charge in [-0.25, -0.2) is 0 Å². The fraction of sp³-hybridized carbons (Fsp3) is 0.375. The van der Waals surface area contributed by atoms with E-state index in [1.54, 1.807) is 0 Å². The van der Waals surface area contributed by atoms with Crippen LogP contribution in [0.5, 0.6) is 0 Å². The van der Waals surface area contributed by atoms with E-state index >= 15 is 0 Å². The summed E-state index contributed by atoms with van der Waals surface area (Å²) >= 11 is 0. The summed E-state index contributed by atoms with van der Waals surface area (Å²) in [5.74, 6) is -0.0105. The van der Waals surface area contributed by atoms with Crippen LogP contribution in [0.4, 0.5) is 0 Å². The number of likely N-dealkylation sites (tertiary alicyclic amines) is 1. The van der Waals surface area contributed by atoms with Crippen LogP contribution >= 0.6 is 0 Å². The summed E-state index contributed by atoms with van der Waals surface area (Å²) in [7, 11) is 0. The number of carbonyl (C=O) groups excluding carboxylic acids is 2. The Morgan fingerprint density at radius 2 is 2.19 bits per heavy atom. The molecular weight excluding hydrogens is 266 g/mol. The zero-order chi connectivity index (χ0) is 14.8. The number of carbonyl (C=O) groups is 2. The van der Waals surface area contributed by atoms with Gasteiger partial charge in [-0.3, -0.25) is 9.59 Å². The minimum Gasteiger partial charge on any atom is -0.361 e. The first kappa shape index (κ1) is 13.7. The van der Waals surface area contributed by atoms with Gasteiger partial charge in [0.05, 0.1) is 0 Å². The molecular formula is C16H19N3O2. The molecule has 2 N–H and O–H groups in total. The van der Waals surface area contributed by atoms with Crippen molar-refractivity contribution in [1.82, 2.24) is 15.2 Å². The third-order valence-corrected chi connectivity index (χ3v) is 3.92. The number of fused-ring (bicyclic) bond motifs is 1. The van der Waals surface area contributed by atoms with E-state index in [4.69, 9.17) is 0 Å². The lowest BCUT2D eigenvalue weighted by Crippen LogP contribution is -2.49. The predicted molar refractivity (Wildman–Crippen MR) is 81.0 cm³/mol. The van der Waals surface area contributed by atoms with Gasteiger partial charge in [0.15, 0.2) is 0 Å². The standard InChI is InChI=1S/C16H19N3O2/c1-11(20)18-14-3-2-8-19(10-14)16(21)13-5-4-12-6-7-17-15(12)9-13/h4-7,9,14,17H,2-3,8,10H2,1H3,(H,18,20). The Morgan fingerprint density at radius 3 is 3.00 bits per heavy atom. The van der Waals surface area contributed by atoms with E-state index in [1.807, 2.05) is 35.4 Å². The maximum atomic E-state index is 12.6. The number of piperidine rings is 1. The quantitative estimate of drug-likeness (QED) is 0.885. The second kappa shape index (κ2) is 5.60. The molecule has 1 aromatic carbocycles. The topological polar surface area (TPSA) is 65.2 Å². The highest BCUT2D eigenvalue weighted by molar-refractivity contribution is 5.98. The largest absolute Gasteiger partial charge is 0.361 e. The molecule has 0 spiro atoms. The molecule has 1 saturated heterocycles. The summed E-state index contributed by atoms with van der Waals surface area (Å²) in [6.07, 6.45) is 3.72. The lowest BCUT2D eigenvalue weighted by atomic mass is 10.0. The fourth-order valence-electron chi connectivity index (χ4n) is 2.93. The van der Waals surface area contributed by atoms with Gasteiger partial charge < -0.3 is 15.2 Å². The highest BCUT2D eigenvalue weighted by Crippen LogP contribution is 2.18. The Morgan fingerprint density at radius 1 is 1.33 bits per heavy atom. The summed E-state index contributed by atoms with van der Waals surface area (Å²) in [4.78, 5) is 28.7. The number of hydrogen-bond donors (Lipinski definition) is 2. The van der Waals surface area contributed by atoms with Crippen LogP contribution in [0.3, 0.4) is 0 Å². The van der Waals surface area contributed by atoms with Crippen molar-refractivity contribution < 1.29 is 9.59 Å². The fourth-order valence-corrected chi connectivity index (χ4v) is 2.93. The number of amides is 2. The number of aromatic nitrogens is 1. The van der Waals surface area contributed by atoms with E-state index in [1.165, 1.54) is 6.92 Å². The molecule has 2 amide bonds. The molecule has 0 radical (unpaired) electrons. The SMILES string of the molecule is CC(=O)NC1CCCN(C(=O)c2ccc3cc[nH]c3c2)C1. The molecule has 0 aliphatic carbocycles. The van der Waals surface area contributed by atoms with Crippen LogP contribution in [0.25, 0.3) is 10.9 Å². The Balaban J connectivity index is 1.75. The van der Waals surface area contributed by atoms with E-state index in [2.05, 4.69) is 10.3 Å². The van der Waals surface area contributed by atoms with Gasteiger partial charge in [-0.2, -0.15) is 0 Å². The third kappa shape index (κ3) is 2.91. The van der Waals surface area contributed by atoms with Crippen LogP contribution in [0.2, 0.25) is 0 Å². The maximum Gasteiger partial charge on any atom is 0.253 e. The van der Waals surface area contributed by atoms with Crippen LogP contribution in [0.1, 0.15) is 30.1 Å². The van der Waals surface area contributed by atoms with Crippen molar-refractivity contribution in [3.8, 4) is 0 Å². The van der Waals surface area contributed by atoms with Gasteiger partial charge in [-0.05, 0) is 36.4 Å². The molecule has 110 valence electrons. The number of hydrogen-bond acceptors (Lipinski definition) is 2. The van der Waals surface area contributed by atoms with E-state index < -0.39 is 0 Å². The average molecular weight is 285 g/mol. The Bertz CT molecular complexity index is 677. The van der Waals surface area contributed by atoms with Crippen molar-refractivity contribution in [2.75, 3.05) is 13.1 Å². The molecule has 2 heterocycles. The molecule has 1 aliphatic heterocycles. The van der Waals surface area contributed by atoms with Crippen LogP contribution in [-0.4, -0.2) is 40.8 Å². The number of nitrogens with one attached hydrogen (secondary N) is 2. The van der Waals surface area contributed by atoms with E-state index in [0.29, 0.717) is 12.1 Å². The normalized spacial score (nSPS) is 18.7. The predicted octanol–water partition coefficient (Wildman–Crippen LogP) is 1.91. The molecule has 1 fully saturated rings. The van der Waals surface area contributed by atoms with Gasteiger partial charge >= 0.3 is 0 Å². The lowest BCUT2D eigenvalue weighted by Gasteiger charge is -2.33. The first-order valence-electron chi connectivity index (χ1n) is 7.27. The minimum absolute atomic E-state index is 0.0292. The Hall–Kier alpha value is -2.30. The molecule has 21 heavy (non-hydrogen) atoms. The summed E-state index contributed by atoms with van der Waals surface area (Å²) < 4.78 is 0. The molecule has 5 nitrogen and oxygen atoms in total. The molecule has 1 aromatic heterocycles. The number of rotatable bonds is 2. The van der Waals surface area contributed by atoms with Gasteiger partial charge in [0.2, 0.25) is 5.91 Å². The van der Waals surface area contributed by atoms with Crippen LogP contribution in [-0.2, 0) is 4.79 Å². The summed E-state index contributed by atoms with van der Waals surface area (Å²) in [5, 5.41) is 4.00. The molecule has 0 bridgehead atoms. The zero-order valence-corrected chi connectivity index (χ0v) is 12.1. The van der Waals surface area contributed by atoms with Crippen LogP contribution in [0.15, 0.2) is 30.5 Å². The van der Waals surface area contributed by atoms with Crippen molar-refractivity contribution in [3.05, 3.63) is 36.0 Å². The lowest BCUT2D eigenvalue weighted by molar-refractivity contribution is -0.120. The maximum absolute atomic E-state index is 12.6. The molecule has 1 unspecified atom stereocenters. The smallest absolute Gasteiger partial charge is 0.253 e. The number of H-pyrrole nitrogens is 1. The first-order chi connectivity index (χ1) is 10.1. The van der Waals surface area contributed by atoms with Gasteiger partial charge in [-0.1, -0.05) is 6.07 Å².